The van der Waals surface area contributed by atoms with Gasteiger partial charge in [0, 0.05) is 25.4 Å². The lowest BCUT2D eigenvalue weighted by Crippen LogP contribution is -2.61. The molecule has 0 aliphatic heterocycles. The lowest BCUT2D eigenvalue weighted by molar-refractivity contribution is -0.171. The molecule has 0 radical (unpaired) electrons. The third kappa shape index (κ3) is 4.93. The number of imidazole rings is 1. The Morgan fingerprint density at radius 1 is 1.19 bits per heavy atom. The second-order valence-corrected chi connectivity index (χ2v) is 11.7. The van der Waals surface area contributed by atoms with Crippen LogP contribution in [0.15, 0.2) is 29.8 Å². The highest BCUT2D eigenvalue weighted by molar-refractivity contribution is 5.80. The minimum absolute atomic E-state index is 0.0304. The van der Waals surface area contributed by atoms with Gasteiger partial charge in [0.1, 0.15) is 12.4 Å². The molecular weight excluding hydrogens is 470 g/mol. The number of rotatable bonds is 8. The average molecular weight is 510 g/mol. The number of carbonyl (C=O) groups excluding carboxylic acids is 2. The monoisotopic (exact) mass is 509 g/mol. The number of carbonyl (C=O) groups is 2. The van der Waals surface area contributed by atoms with Crippen molar-refractivity contribution in [1.82, 2.24) is 14.9 Å². The summed E-state index contributed by atoms with van der Waals surface area (Å²) in [5, 5.41) is 14.1. The topological polar surface area (TPSA) is 103 Å². The minimum Gasteiger partial charge on any atom is -0.456 e. The van der Waals surface area contributed by atoms with E-state index in [-0.39, 0.29) is 30.0 Å². The summed E-state index contributed by atoms with van der Waals surface area (Å²) < 4.78 is 13.5. The van der Waals surface area contributed by atoms with E-state index in [2.05, 4.69) is 35.9 Å². The van der Waals surface area contributed by atoms with Crippen molar-refractivity contribution in [3.63, 3.8) is 0 Å². The fraction of sp³-hybridized carbons (Fsp3) is 0.621. The number of ether oxygens (including phenoxy) is 2. The Kier molecular flexibility index (Phi) is 6.92. The number of esters is 1. The summed E-state index contributed by atoms with van der Waals surface area (Å²) in [5.41, 5.74) is 3.36. The summed E-state index contributed by atoms with van der Waals surface area (Å²) in [4.78, 5) is 27.9. The van der Waals surface area contributed by atoms with Crippen molar-refractivity contribution in [2.75, 3.05) is 6.61 Å². The number of fused-ring (bicyclic) bond motifs is 3. The third-order valence-corrected chi connectivity index (χ3v) is 8.74. The molecule has 4 aliphatic carbocycles. The number of aliphatic hydroxyl groups is 1. The van der Waals surface area contributed by atoms with Gasteiger partial charge in [0.2, 0.25) is 0 Å². The molecule has 37 heavy (non-hydrogen) atoms. The summed E-state index contributed by atoms with van der Waals surface area (Å²) in [7, 11) is 0. The first-order valence-electron chi connectivity index (χ1n) is 13.5. The molecule has 2 bridgehead atoms. The van der Waals surface area contributed by atoms with E-state index in [1.807, 2.05) is 19.1 Å². The van der Waals surface area contributed by atoms with Crippen molar-refractivity contribution in [2.45, 2.75) is 97.1 Å². The molecule has 2 N–H and O–H groups in total. The lowest BCUT2D eigenvalue weighted by atomic mass is 9.50. The van der Waals surface area contributed by atoms with Crippen LogP contribution in [0.4, 0.5) is 0 Å². The Morgan fingerprint density at radius 2 is 1.95 bits per heavy atom. The number of nitrogens with one attached hydrogen (secondary N) is 1. The Labute approximate surface area is 218 Å². The van der Waals surface area contributed by atoms with Gasteiger partial charge < -0.3 is 24.5 Å². The van der Waals surface area contributed by atoms with Crippen molar-refractivity contribution >= 4 is 22.9 Å². The van der Waals surface area contributed by atoms with E-state index in [4.69, 9.17) is 14.5 Å². The first-order chi connectivity index (χ1) is 17.6. The van der Waals surface area contributed by atoms with Gasteiger partial charge in [0.15, 0.2) is 6.61 Å². The normalized spacial score (nSPS) is 26.9. The Bertz CT molecular complexity index is 1220. The van der Waals surface area contributed by atoms with Crippen molar-refractivity contribution in [3.8, 4) is 0 Å². The van der Waals surface area contributed by atoms with Gasteiger partial charge in [-0.15, -0.1) is 0 Å². The molecule has 0 saturated heterocycles. The van der Waals surface area contributed by atoms with Crippen molar-refractivity contribution < 1.29 is 24.2 Å². The first kappa shape index (κ1) is 25.9. The number of aromatic nitrogens is 2. The molecule has 0 unspecified atom stereocenters. The van der Waals surface area contributed by atoms with Crippen LogP contribution in [-0.2, 0) is 32.2 Å². The number of hydrogen-bond acceptors (Lipinski definition) is 6. The Morgan fingerprint density at radius 3 is 2.62 bits per heavy atom. The molecule has 1 amide bonds. The summed E-state index contributed by atoms with van der Waals surface area (Å²) in [5.74, 6) is 0.172. The smallest absolute Gasteiger partial charge is 0.303 e. The molecule has 8 nitrogen and oxygen atoms in total. The molecule has 3 atom stereocenters. The Balaban J connectivity index is 1.34. The summed E-state index contributed by atoms with van der Waals surface area (Å²) in [6.45, 7) is 7.99. The highest BCUT2D eigenvalue weighted by Crippen LogP contribution is 2.58. The van der Waals surface area contributed by atoms with Crippen molar-refractivity contribution in [2.24, 2.45) is 11.3 Å². The SMILES string of the molecule is CC(=O)OCC(=O)NCc1ccc2c(c1)nc(CO[C@H]1CC3=C[C@H](C3(C)C)[C@@]1(C)O)n2C1CCCCC1. The highest BCUT2D eigenvalue weighted by Gasteiger charge is 2.58. The fourth-order valence-electron chi connectivity index (χ4n) is 6.54. The standard InChI is InChI=1S/C29H39N3O5/c1-18(33)36-17-27(34)30-15-19-10-11-23-22(12-19)31-26(32(23)21-8-6-5-7-9-21)16-37-25-14-20-13-24(28(20,2)3)29(25,4)35/h10-13,21,24-25,35H,5-9,14-17H2,1-4H3,(H,30,34)/t24-,25+,29-/m1/s1. The molecule has 2 saturated carbocycles. The molecule has 1 aromatic carbocycles. The summed E-state index contributed by atoms with van der Waals surface area (Å²) in [6, 6.07) is 6.47. The average Bonchev–Trinajstić information content (AvgIpc) is 3.22. The maximum absolute atomic E-state index is 12.0. The zero-order valence-electron chi connectivity index (χ0n) is 22.4. The first-order valence-corrected chi connectivity index (χ1v) is 13.5. The summed E-state index contributed by atoms with van der Waals surface area (Å²) >= 11 is 0. The number of hydrogen-bond donors (Lipinski definition) is 2. The molecule has 200 valence electrons. The zero-order valence-corrected chi connectivity index (χ0v) is 22.4. The van der Waals surface area contributed by atoms with Crippen LogP contribution in [0.1, 0.15) is 83.6 Å². The molecular formula is C29H39N3O5. The van der Waals surface area contributed by atoms with Gasteiger partial charge in [0.25, 0.3) is 5.91 Å². The van der Waals surface area contributed by atoms with E-state index >= 15 is 0 Å². The number of benzene rings is 1. The van der Waals surface area contributed by atoms with Crippen LogP contribution in [0.25, 0.3) is 11.0 Å². The fourth-order valence-corrected chi connectivity index (χ4v) is 6.54. The molecule has 1 heterocycles. The van der Waals surface area contributed by atoms with Gasteiger partial charge in [-0.3, -0.25) is 9.59 Å². The second-order valence-electron chi connectivity index (χ2n) is 11.7. The molecule has 8 heteroatoms. The van der Waals surface area contributed by atoms with E-state index < -0.39 is 11.6 Å². The number of nitrogens with zero attached hydrogens (tertiary/aromatic N) is 2. The Hall–Kier alpha value is -2.71. The molecule has 4 aliphatic rings. The zero-order chi connectivity index (χ0) is 26.4. The van der Waals surface area contributed by atoms with Crippen LogP contribution >= 0.6 is 0 Å². The van der Waals surface area contributed by atoms with Gasteiger partial charge in [0.05, 0.1) is 22.7 Å². The minimum atomic E-state index is -0.912. The predicted octanol–water partition coefficient (Wildman–Crippen LogP) is 4.34. The lowest BCUT2D eigenvalue weighted by Gasteiger charge is -2.58. The van der Waals surface area contributed by atoms with Gasteiger partial charge >= 0.3 is 5.97 Å². The van der Waals surface area contributed by atoms with E-state index in [1.54, 1.807) is 0 Å². The van der Waals surface area contributed by atoms with Gasteiger partial charge in [-0.05, 0) is 49.3 Å². The molecule has 0 spiro atoms. The molecule has 6 rings (SSSR count). The van der Waals surface area contributed by atoms with E-state index in [1.165, 1.54) is 31.8 Å². The predicted molar refractivity (Wildman–Crippen MR) is 140 cm³/mol. The second kappa shape index (κ2) is 9.87. The quantitative estimate of drug-likeness (QED) is 0.405. The van der Waals surface area contributed by atoms with Crippen LogP contribution in [-0.4, -0.2) is 44.8 Å². The molecule has 2 aromatic rings. The van der Waals surface area contributed by atoms with E-state index in [9.17, 15) is 14.7 Å². The van der Waals surface area contributed by atoms with Crippen LogP contribution in [0, 0.1) is 11.3 Å². The van der Waals surface area contributed by atoms with Crippen molar-refractivity contribution in [3.05, 3.63) is 41.2 Å². The highest BCUT2D eigenvalue weighted by atomic mass is 16.5. The molecule has 2 fully saturated rings. The van der Waals surface area contributed by atoms with Crippen LogP contribution in [0.3, 0.4) is 0 Å². The van der Waals surface area contributed by atoms with E-state index in [0.29, 0.717) is 19.2 Å². The number of amides is 1. The van der Waals surface area contributed by atoms with E-state index in [0.717, 1.165) is 41.7 Å². The molecule has 1 aromatic heterocycles. The van der Waals surface area contributed by atoms with Crippen LogP contribution in [0.2, 0.25) is 0 Å². The van der Waals surface area contributed by atoms with Gasteiger partial charge in [-0.1, -0.05) is 50.8 Å². The van der Waals surface area contributed by atoms with Gasteiger partial charge in [-0.25, -0.2) is 4.98 Å². The van der Waals surface area contributed by atoms with Crippen LogP contribution in [0.5, 0.6) is 0 Å². The van der Waals surface area contributed by atoms with Crippen molar-refractivity contribution in [1.29, 1.82) is 0 Å². The van der Waals surface area contributed by atoms with Gasteiger partial charge in [-0.2, -0.15) is 0 Å². The maximum atomic E-state index is 12.0. The third-order valence-electron chi connectivity index (χ3n) is 8.74. The largest absolute Gasteiger partial charge is 0.456 e. The maximum Gasteiger partial charge on any atom is 0.303 e. The summed E-state index contributed by atoms with van der Waals surface area (Å²) in [6.07, 6.45) is 8.63. The van der Waals surface area contributed by atoms with Crippen LogP contribution < -0.4 is 5.32 Å².